The van der Waals surface area contributed by atoms with Crippen molar-refractivity contribution in [3.63, 3.8) is 0 Å². The smallest absolute Gasteiger partial charge is 0.331 e. The molecule has 0 saturated carbocycles. The summed E-state index contributed by atoms with van der Waals surface area (Å²) in [5.41, 5.74) is 0. The molecule has 84 valence electrons. The highest BCUT2D eigenvalue weighted by atomic mass is 32.2. The van der Waals surface area contributed by atoms with Crippen LogP contribution in [0.5, 0.6) is 0 Å². The van der Waals surface area contributed by atoms with Gasteiger partial charge in [0.25, 0.3) is 0 Å². The number of carbonyl (C=O) groups is 1. The largest absolute Gasteiger partial charge is 0.481 e. The van der Waals surface area contributed by atoms with E-state index in [-0.39, 0.29) is 0 Å². The highest BCUT2D eigenvalue weighted by Crippen LogP contribution is 1.98. The summed E-state index contributed by atoms with van der Waals surface area (Å²) in [6.07, 6.45) is 3.40. The van der Waals surface area contributed by atoms with Gasteiger partial charge in [0.15, 0.2) is 0 Å². The minimum atomic E-state index is -3.90. The molecular formula is C8H10O6S. The van der Waals surface area contributed by atoms with Crippen molar-refractivity contribution in [2.24, 2.45) is 0 Å². The van der Waals surface area contributed by atoms with Gasteiger partial charge in [0.2, 0.25) is 0 Å². The molecule has 0 aromatic heterocycles. The van der Waals surface area contributed by atoms with E-state index in [4.69, 9.17) is 5.11 Å². The highest BCUT2D eigenvalue weighted by Gasteiger charge is 2.03. The van der Waals surface area contributed by atoms with Crippen molar-refractivity contribution in [2.75, 3.05) is 0 Å². The van der Waals surface area contributed by atoms with E-state index in [0.717, 1.165) is 24.9 Å². The lowest BCUT2D eigenvalue weighted by molar-refractivity contribution is -0.135. The average molecular weight is 234 g/mol. The van der Waals surface area contributed by atoms with Gasteiger partial charge >= 0.3 is 16.1 Å². The Labute approximate surface area is 87.2 Å². The van der Waals surface area contributed by atoms with Gasteiger partial charge in [-0.15, -0.1) is 0 Å². The standard InChI is InChI=1S/C8H10O6S/c1-2-13-5-6-14-15(11,12)7-3-4-8(9)10/h2-3,5-7H,1,4H2,(H,9,10). The van der Waals surface area contributed by atoms with Gasteiger partial charge in [-0.05, 0) is 0 Å². The number of hydrogen-bond donors (Lipinski definition) is 1. The molecule has 0 radical (unpaired) electrons. The van der Waals surface area contributed by atoms with Crippen LogP contribution >= 0.6 is 0 Å². The maximum Gasteiger partial charge on any atom is 0.331 e. The molecular weight excluding hydrogens is 224 g/mol. The van der Waals surface area contributed by atoms with Crippen LogP contribution in [0.25, 0.3) is 0 Å². The number of hydrogen-bond acceptors (Lipinski definition) is 5. The number of ether oxygens (including phenoxy) is 1. The predicted octanol–water partition coefficient (Wildman–Crippen LogP) is 0.952. The Kier molecular flexibility index (Phi) is 5.88. The van der Waals surface area contributed by atoms with E-state index in [9.17, 15) is 13.2 Å². The van der Waals surface area contributed by atoms with Crippen LogP contribution in [0.15, 0.2) is 36.8 Å². The average Bonchev–Trinajstić information content (AvgIpc) is 2.11. The second-order valence-corrected chi connectivity index (χ2v) is 3.58. The fourth-order valence-corrected chi connectivity index (χ4v) is 1.08. The minimum Gasteiger partial charge on any atom is -0.481 e. The monoisotopic (exact) mass is 234 g/mol. The zero-order valence-corrected chi connectivity index (χ0v) is 8.51. The first-order valence-corrected chi connectivity index (χ1v) is 5.18. The molecule has 7 heteroatoms. The maximum absolute atomic E-state index is 10.9. The molecule has 0 spiro atoms. The zero-order valence-electron chi connectivity index (χ0n) is 7.70. The third-order valence-electron chi connectivity index (χ3n) is 0.975. The molecule has 0 aromatic rings. The summed E-state index contributed by atoms with van der Waals surface area (Å²) >= 11 is 0. The first-order valence-electron chi connectivity index (χ1n) is 3.71. The third-order valence-corrected chi connectivity index (χ3v) is 1.88. The van der Waals surface area contributed by atoms with Crippen molar-refractivity contribution >= 4 is 16.1 Å². The molecule has 0 aliphatic carbocycles. The molecule has 0 aliphatic heterocycles. The molecule has 0 aliphatic rings. The summed E-state index contributed by atoms with van der Waals surface area (Å²) in [7, 11) is -3.90. The molecule has 15 heavy (non-hydrogen) atoms. The summed E-state index contributed by atoms with van der Waals surface area (Å²) in [5, 5.41) is 8.88. The summed E-state index contributed by atoms with van der Waals surface area (Å²) in [4.78, 5) is 10.1. The van der Waals surface area contributed by atoms with Crippen LogP contribution < -0.4 is 0 Å². The van der Waals surface area contributed by atoms with Crippen LogP contribution in [0, 0.1) is 0 Å². The van der Waals surface area contributed by atoms with Gasteiger partial charge in [0, 0.05) is 0 Å². The Balaban J connectivity index is 4.13. The van der Waals surface area contributed by atoms with Crippen molar-refractivity contribution < 1.29 is 27.2 Å². The lowest BCUT2D eigenvalue weighted by Crippen LogP contribution is -1.97. The molecule has 1 N–H and O–H groups in total. The SMILES string of the molecule is C=COC=COS(=O)(=O)C=CCC(=O)O. The highest BCUT2D eigenvalue weighted by molar-refractivity contribution is 7.89. The van der Waals surface area contributed by atoms with Gasteiger partial charge in [-0.25, -0.2) is 0 Å². The Morgan fingerprint density at radius 1 is 1.40 bits per heavy atom. The van der Waals surface area contributed by atoms with Crippen molar-refractivity contribution in [1.82, 2.24) is 0 Å². The molecule has 6 nitrogen and oxygen atoms in total. The summed E-state index contributed by atoms with van der Waals surface area (Å²) < 4.78 is 30.6. The van der Waals surface area contributed by atoms with E-state index in [2.05, 4.69) is 15.5 Å². The fraction of sp³-hybridized carbons (Fsp3) is 0.125. The van der Waals surface area contributed by atoms with Crippen molar-refractivity contribution in [3.05, 3.63) is 36.8 Å². The van der Waals surface area contributed by atoms with Crippen molar-refractivity contribution in [3.8, 4) is 0 Å². The first-order chi connectivity index (χ1) is 6.98. The van der Waals surface area contributed by atoms with Crippen LogP contribution in [0.2, 0.25) is 0 Å². The molecule has 0 aromatic carbocycles. The van der Waals surface area contributed by atoms with Crippen LogP contribution in [-0.4, -0.2) is 19.5 Å². The van der Waals surface area contributed by atoms with Gasteiger partial charge in [-0.3, -0.25) is 4.79 Å². The molecule has 0 unspecified atom stereocenters. The molecule has 0 fully saturated rings. The van der Waals surface area contributed by atoms with Gasteiger partial charge in [0.1, 0.15) is 12.5 Å². The Morgan fingerprint density at radius 2 is 2.07 bits per heavy atom. The van der Waals surface area contributed by atoms with Crippen molar-refractivity contribution in [2.45, 2.75) is 6.42 Å². The number of rotatable bonds is 7. The van der Waals surface area contributed by atoms with Crippen LogP contribution in [-0.2, 0) is 23.8 Å². The summed E-state index contributed by atoms with van der Waals surface area (Å²) in [6, 6.07) is 0. The van der Waals surface area contributed by atoms with Gasteiger partial charge in [-0.1, -0.05) is 12.7 Å². The van der Waals surface area contributed by atoms with Gasteiger partial charge in [0.05, 0.1) is 18.1 Å². The van der Waals surface area contributed by atoms with Gasteiger partial charge in [-0.2, -0.15) is 8.42 Å². The normalized spacial score (nSPS) is 11.7. The van der Waals surface area contributed by atoms with Crippen LogP contribution in [0.4, 0.5) is 0 Å². The number of carboxylic acids is 1. The maximum atomic E-state index is 10.9. The fourth-order valence-electron chi connectivity index (χ4n) is 0.487. The minimum absolute atomic E-state index is 0.393. The van der Waals surface area contributed by atoms with E-state index in [1.165, 1.54) is 0 Å². The van der Waals surface area contributed by atoms with Crippen LogP contribution in [0.3, 0.4) is 0 Å². The summed E-state index contributed by atoms with van der Waals surface area (Å²) in [5.74, 6) is -1.13. The van der Waals surface area contributed by atoms with E-state index >= 15 is 0 Å². The second-order valence-electron chi connectivity index (χ2n) is 2.13. The molecule has 0 rings (SSSR count). The third kappa shape index (κ3) is 8.57. The zero-order chi connectivity index (χ0) is 11.7. The van der Waals surface area contributed by atoms with E-state index in [0.29, 0.717) is 5.41 Å². The number of carboxylic acid groups (broad SMARTS) is 1. The number of aliphatic carboxylic acids is 1. The quantitative estimate of drug-likeness (QED) is 0.521. The molecule has 0 atom stereocenters. The second kappa shape index (κ2) is 6.66. The van der Waals surface area contributed by atoms with Crippen LogP contribution in [0.1, 0.15) is 6.42 Å². The Morgan fingerprint density at radius 3 is 2.60 bits per heavy atom. The Bertz CT molecular complexity index is 365. The lowest BCUT2D eigenvalue weighted by atomic mass is 10.4. The predicted molar refractivity (Wildman–Crippen MR) is 51.8 cm³/mol. The topological polar surface area (TPSA) is 89.9 Å². The van der Waals surface area contributed by atoms with Gasteiger partial charge < -0.3 is 14.0 Å². The lowest BCUT2D eigenvalue weighted by Gasteiger charge is -1.95. The molecule has 0 amide bonds. The molecule has 0 saturated heterocycles. The van der Waals surface area contributed by atoms with E-state index in [1.54, 1.807) is 0 Å². The van der Waals surface area contributed by atoms with Crippen molar-refractivity contribution in [1.29, 1.82) is 0 Å². The summed E-state index contributed by atoms with van der Waals surface area (Å²) in [6.45, 7) is 3.21. The Hall–Kier alpha value is -1.76. The molecule has 0 heterocycles. The first kappa shape index (κ1) is 13.2. The van der Waals surface area contributed by atoms with E-state index in [1.807, 2.05) is 0 Å². The van der Waals surface area contributed by atoms with E-state index < -0.39 is 22.5 Å². The molecule has 0 bridgehead atoms.